The van der Waals surface area contributed by atoms with Crippen LogP contribution in [0.25, 0.3) is 11.3 Å². The van der Waals surface area contributed by atoms with Crippen molar-refractivity contribution >= 4 is 17.2 Å². The molecule has 0 fully saturated rings. The van der Waals surface area contributed by atoms with Crippen LogP contribution < -0.4 is 5.32 Å². The molecule has 0 bridgehead atoms. The Morgan fingerprint density at radius 1 is 1.35 bits per heavy atom. The Morgan fingerprint density at radius 2 is 2.30 bits per heavy atom. The second-order valence-corrected chi connectivity index (χ2v) is 6.52. The predicted molar refractivity (Wildman–Crippen MR) is 83.4 cm³/mol. The van der Waals surface area contributed by atoms with Crippen molar-refractivity contribution in [2.75, 3.05) is 6.54 Å². The van der Waals surface area contributed by atoms with Gasteiger partial charge in [0.15, 0.2) is 0 Å². The predicted octanol–water partition coefficient (Wildman–Crippen LogP) is 3.06. The summed E-state index contributed by atoms with van der Waals surface area (Å²) in [5.74, 6) is 1.08. The van der Waals surface area contributed by atoms with Crippen LogP contribution in [-0.2, 0) is 12.8 Å². The molecular weight excluding hydrogens is 266 g/mol. The van der Waals surface area contributed by atoms with Gasteiger partial charge in [-0.25, -0.2) is 4.98 Å². The molecule has 2 aromatic rings. The standard InChI is InChI=1S/C16H17N3S/c1-11-17-9-16(19-11)6-5-12-3-2-4-13(14(12)7-16)15-8-20-10-18-15/h2-4,8,10H,5-7,9H2,1H3,(H,17,19). The highest BCUT2D eigenvalue weighted by atomic mass is 32.1. The van der Waals surface area contributed by atoms with Crippen molar-refractivity contribution in [1.82, 2.24) is 10.3 Å². The van der Waals surface area contributed by atoms with E-state index < -0.39 is 0 Å². The third-order valence-corrected chi connectivity index (χ3v) is 5.02. The van der Waals surface area contributed by atoms with Gasteiger partial charge in [0, 0.05) is 10.9 Å². The van der Waals surface area contributed by atoms with Crippen LogP contribution in [0.3, 0.4) is 0 Å². The lowest BCUT2D eigenvalue weighted by molar-refractivity contribution is 0.362. The van der Waals surface area contributed by atoms with Crippen LogP contribution in [0.2, 0.25) is 0 Å². The molecule has 1 unspecified atom stereocenters. The van der Waals surface area contributed by atoms with Gasteiger partial charge in [0.25, 0.3) is 0 Å². The van der Waals surface area contributed by atoms with Gasteiger partial charge in [0.05, 0.1) is 29.1 Å². The van der Waals surface area contributed by atoms with E-state index in [1.807, 2.05) is 5.51 Å². The van der Waals surface area contributed by atoms with Crippen LogP contribution >= 0.6 is 11.3 Å². The average Bonchev–Trinajstić information content (AvgIpc) is 3.09. The van der Waals surface area contributed by atoms with Crippen LogP contribution in [0.5, 0.6) is 0 Å². The number of benzene rings is 1. The molecule has 20 heavy (non-hydrogen) atoms. The summed E-state index contributed by atoms with van der Waals surface area (Å²) in [4.78, 5) is 9.06. The zero-order valence-corrected chi connectivity index (χ0v) is 12.3. The lowest BCUT2D eigenvalue weighted by Gasteiger charge is -2.35. The molecule has 2 aliphatic rings. The molecular formula is C16H17N3S. The van der Waals surface area contributed by atoms with Gasteiger partial charge in [0.2, 0.25) is 0 Å². The van der Waals surface area contributed by atoms with Crippen LogP contribution in [0.15, 0.2) is 34.1 Å². The van der Waals surface area contributed by atoms with E-state index in [0.29, 0.717) is 0 Å². The van der Waals surface area contributed by atoms with Crippen molar-refractivity contribution < 1.29 is 0 Å². The molecule has 1 N–H and O–H groups in total. The molecule has 0 radical (unpaired) electrons. The molecule has 1 aromatic carbocycles. The third-order valence-electron chi connectivity index (χ3n) is 4.43. The first-order valence-corrected chi connectivity index (χ1v) is 7.99. The summed E-state index contributed by atoms with van der Waals surface area (Å²) < 4.78 is 0. The molecule has 0 saturated heterocycles. The van der Waals surface area contributed by atoms with Crippen molar-refractivity contribution in [3.63, 3.8) is 0 Å². The fraction of sp³-hybridized carbons (Fsp3) is 0.375. The maximum absolute atomic E-state index is 4.57. The first-order chi connectivity index (χ1) is 9.76. The van der Waals surface area contributed by atoms with E-state index in [1.54, 1.807) is 11.3 Å². The molecule has 4 heteroatoms. The minimum Gasteiger partial charge on any atom is -0.366 e. The number of aromatic nitrogens is 1. The maximum Gasteiger partial charge on any atom is 0.0937 e. The minimum atomic E-state index is 0.142. The molecule has 1 aromatic heterocycles. The van der Waals surface area contributed by atoms with Gasteiger partial charge in [-0.05, 0) is 37.3 Å². The zero-order valence-electron chi connectivity index (χ0n) is 11.5. The van der Waals surface area contributed by atoms with Gasteiger partial charge < -0.3 is 5.32 Å². The van der Waals surface area contributed by atoms with E-state index >= 15 is 0 Å². The number of amidine groups is 1. The van der Waals surface area contributed by atoms with E-state index in [2.05, 4.69) is 45.8 Å². The molecule has 102 valence electrons. The van der Waals surface area contributed by atoms with E-state index in [-0.39, 0.29) is 5.54 Å². The van der Waals surface area contributed by atoms with E-state index in [0.717, 1.165) is 30.9 Å². The fourth-order valence-electron chi connectivity index (χ4n) is 3.44. The van der Waals surface area contributed by atoms with E-state index in [9.17, 15) is 0 Å². The van der Waals surface area contributed by atoms with Crippen LogP contribution in [-0.4, -0.2) is 22.9 Å². The summed E-state index contributed by atoms with van der Waals surface area (Å²) in [5.41, 5.74) is 7.40. The molecule has 4 rings (SSSR count). The monoisotopic (exact) mass is 283 g/mol. The zero-order chi connectivity index (χ0) is 13.6. The summed E-state index contributed by atoms with van der Waals surface area (Å²) >= 11 is 1.66. The number of nitrogens with one attached hydrogen (secondary N) is 1. The number of rotatable bonds is 1. The van der Waals surface area contributed by atoms with E-state index in [1.165, 1.54) is 23.1 Å². The van der Waals surface area contributed by atoms with Crippen molar-refractivity contribution in [1.29, 1.82) is 0 Å². The molecule has 0 amide bonds. The Morgan fingerprint density at radius 3 is 3.05 bits per heavy atom. The molecule has 1 aliphatic carbocycles. The molecule has 3 nitrogen and oxygen atoms in total. The topological polar surface area (TPSA) is 37.3 Å². The maximum atomic E-state index is 4.57. The highest BCUT2D eigenvalue weighted by molar-refractivity contribution is 7.07. The Balaban J connectivity index is 1.77. The van der Waals surface area contributed by atoms with Crippen LogP contribution in [0, 0.1) is 0 Å². The average molecular weight is 283 g/mol. The molecule has 1 atom stereocenters. The van der Waals surface area contributed by atoms with Crippen molar-refractivity contribution in [3.05, 3.63) is 40.2 Å². The molecule has 2 heterocycles. The Bertz CT molecular complexity index is 675. The second kappa shape index (κ2) is 4.42. The second-order valence-electron chi connectivity index (χ2n) is 5.80. The van der Waals surface area contributed by atoms with Crippen molar-refractivity contribution in [2.45, 2.75) is 31.7 Å². The van der Waals surface area contributed by atoms with Crippen LogP contribution in [0.4, 0.5) is 0 Å². The Kier molecular flexibility index (Phi) is 2.67. The number of aryl methyl sites for hydroxylation is 1. The number of aliphatic imine (C=N–C) groups is 1. The molecule has 1 spiro atoms. The molecule has 1 aliphatic heterocycles. The number of hydrogen-bond donors (Lipinski definition) is 1. The summed E-state index contributed by atoms with van der Waals surface area (Å²) in [5, 5.41) is 5.75. The van der Waals surface area contributed by atoms with Crippen molar-refractivity contribution in [3.8, 4) is 11.3 Å². The van der Waals surface area contributed by atoms with Gasteiger partial charge in [-0.15, -0.1) is 11.3 Å². The van der Waals surface area contributed by atoms with Gasteiger partial charge in [0.1, 0.15) is 0 Å². The number of hydrogen-bond acceptors (Lipinski definition) is 4. The SMILES string of the molecule is CC1=NCC2(CCc3cccc(-c4cscn4)c3C2)N1. The highest BCUT2D eigenvalue weighted by Crippen LogP contribution is 2.36. The quantitative estimate of drug-likeness (QED) is 0.873. The third kappa shape index (κ3) is 1.86. The number of nitrogens with zero attached hydrogens (tertiary/aromatic N) is 2. The fourth-order valence-corrected chi connectivity index (χ4v) is 3.99. The molecule has 0 saturated carbocycles. The summed E-state index contributed by atoms with van der Waals surface area (Å²) in [7, 11) is 0. The normalized spacial score (nSPS) is 24.4. The van der Waals surface area contributed by atoms with Gasteiger partial charge in [-0.3, -0.25) is 4.99 Å². The highest BCUT2D eigenvalue weighted by Gasteiger charge is 2.38. The van der Waals surface area contributed by atoms with Gasteiger partial charge >= 0.3 is 0 Å². The number of fused-ring (bicyclic) bond motifs is 1. The summed E-state index contributed by atoms with van der Waals surface area (Å²) in [6, 6.07) is 6.63. The lowest BCUT2D eigenvalue weighted by Crippen LogP contribution is -2.49. The Labute approximate surface area is 122 Å². The first-order valence-electron chi connectivity index (χ1n) is 7.04. The van der Waals surface area contributed by atoms with Gasteiger partial charge in [-0.2, -0.15) is 0 Å². The number of thiazole rings is 1. The first kappa shape index (κ1) is 12.1. The Hall–Kier alpha value is -1.68. The largest absolute Gasteiger partial charge is 0.366 e. The smallest absolute Gasteiger partial charge is 0.0937 e. The summed E-state index contributed by atoms with van der Waals surface area (Å²) in [6.07, 6.45) is 3.35. The minimum absolute atomic E-state index is 0.142. The summed E-state index contributed by atoms with van der Waals surface area (Å²) in [6.45, 7) is 2.97. The van der Waals surface area contributed by atoms with Crippen molar-refractivity contribution in [2.24, 2.45) is 4.99 Å². The lowest BCUT2D eigenvalue weighted by atomic mass is 9.76. The van der Waals surface area contributed by atoms with Crippen LogP contribution in [0.1, 0.15) is 24.5 Å². The van der Waals surface area contributed by atoms with Gasteiger partial charge in [-0.1, -0.05) is 18.2 Å². The van der Waals surface area contributed by atoms with E-state index in [4.69, 9.17) is 0 Å².